The van der Waals surface area contributed by atoms with Gasteiger partial charge < -0.3 is 15.1 Å². The number of aliphatic imine (C=N–C) groups is 1. The summed E-state index contributed by atoms with van der Waals surface area (Å²) in [5.74, 6) is 3.49. The molecule has 0 spiro atoms. The van der Waals surface area contributed by atoms with E-state index in [9.17, 15) is 0 Å². The Balaban J connectivity index is 0.00000243. The van der Waals surface area contributed by atoms with Crippen LogP contribution in [0.5, 0.6) is 0 Å². The lowest BCUT2D eigenvalue weighted by Crippen LogP contribution is -2.38. The van der Waals surface area contributed by atoms with Crippen molar-refractivity contribution in [3.05, 3.63) is 52.7 Å². The van der Waals surface area contributed by atoms with E-state index in [4.69, 9.17) is 4.42 Å². The molecule has 1 aliphatic rings. The number of aryl methyl sites for hydroxylation is 2. The van der Waals surface area contributed by atoms with Crippen molar-refractivity contribution in [2.45, 2.75) is 58.5 Å². The molecule has 1 aromatic carbocycles. The summed E-state index contributed by atoms with van der Waals surface area (Å²) in [4.78, 5) is 8.69. The van der Waals surface area contributed by atoms with E-state index in [2.05, 4.69) is 58.7 Å². The average molecular weight is 468 g/mol. The summed E-state index contributed by atoms with van der Waals surface area (Å²) in [7, 11) is 1.79. The lowest BCUT2D eigenvalue weighted by Gasteiger charge is -2.11. The zero-order valence-electron chi connectivity index (χ0n) is 16.2. The van der Waals surface area contributed by atoms with Gasteiger partial charge in [0.1, 0.15) is 5.76 Å². The van der Waals surface area contributed by atoms with Crippen molar-refractivity contribution in [1.29, 1.82) is 0 Å². The Bertz CT molecular complexity index is 732. The molecule has 1 aliphatic carbocycles. The highest BCUT2D eigenvalue weighted by atomic mass is 127. The third kappa shape index (κ3) is 4.99. The van der Waals surface area contributed by atoms with Crippen LogP contribution < -0.4 is 10.6 Å². The number of nitrogens with zero attached hydrogens (tertiary/aromatic N) is 2. The Hall–Kier alpha value is -1.57. The number of benzene rings is 1. The number of hydrogen-bond donors (Lipinski definition) is 2. The molecule has 26 heavy (non-hydrogen) atoms. The second kappa shape index (κ2) is 8.88. The predicted octanol–water partition coefficient (Wildman–Crippen LogP) is 4.25. The molecule has 0 bridgehead atoms. The van der Waals surface area contributed by atoms with E-state index < -0.39 is 0 Å². The minimum atomic E-state index is 0. The molecule has 2 N–H and O–H groups in total. The first-order valence-electron chi connectivity index (χ1n) is 8.98. The standard InChI is InChI=1S/C20H28N4O.HI/c1-12(2)15-6-8-16(9-7-15)17-10-18(17)24-20(21-5)22-11-19-23-13(3)14(4)25-19;/h6-9,12,17-18H,10-11H2,1-5H3,(H2,21,22,24);1H. The largest absolute Gasteiger partial charge is 0.444 e. The second-order valence-electron chi connectivity index (χ2n) is 7.09. The topological polar surface area (TPSA) is 62.5 Å². The molecule has 3 rings (SSSR count). The number of oxazole rings is 1. The summed E-state index contributed by atoms with van der Waals surface area (Å²) in [5.41, 5.74) is 3.73. The van der Waals surface area contributed by atoms with Gasteiger partial charge in [-0.2, -0.15) is 0 Å². The lowest BCUT2D eigenvalue weighted by atomic mass is 10.0. The van der Waals surface area contributed by atoms with Gasteiger partial charge in [-0.05, 0) is 37.3 Å². The highest BCUT2D eigenvalue weighted by molar-refractivity contribution is 14.0. The molecule has 142 valence electrons. The van der Waals surface area contributed by atoms with Crippen molar-refractivity contribution < 1.29 is 4.42 Å². The van der Waals surface area contributed by atoms with Gasteiger partial charge in [-0.15, -0.1) is 24.0 Å². The van der Waals surface area contributed by atoms with Crippen molar-refractivity contribution in [3.63, 3.8) is 0 Å². The van der Waals surface area contributed by atoms with Crippen LogP contribution in [-0.2, 0) is 6.54 Å². The van der Waals surface area contributed by atoms with Gasteiger partial charge >= 0.3 is 0 Å². The fourth-order valence-corrected chi connectivity index (χ4v) is 3.00. The summed E-state index contributed by atoms with van der Waals surface area (Å²) >= 11 is 0. The molecule has 1 aromatic heterocycles. The van der Waals surface area contributed by atoms with Crippen LogP contribution in [0.4, 0.5) is 0 Å². The molecule has 0 aliphatic heterocycles. The minimum Gasteiger partial charge on any atom is -0.444 e. The molecule has 1 fully saturated rings. The van der Waals surface area contributed by atoms with Crippen LogP contribution >= 0.6 is 24.0 Å². The van der Waals surface area contributed by atoms with Crippen molar-refractivity contribution >= 4 is 29.9 Å². The first-order chi connectivity index (χ1) is 12.0. The Labute approximate surface area is 173 Å². The Morgan fingerprint density at radius 2 is 1.96 bits per heavy atom. The van der Waals surface area contributed by atoms with E-state index in [0.717, 1.165) is 23.8 Å². The van der Waals surface area contributed by atoms with Gasteiger partial charge in [-0.25, -0.2) is 4.98 Å². The van der Waals surface area contributed by atoms with Gasteiger partial charge in [0.25, 0.3) is 0 Å². The van der Waals surface area contributed by atoms with Crippen LogP contribution in [0, 0.1) is 13.8 Å². The van der Waals surface area contributed by atoms with Crippen LogP contribution in [0.15, 0.2) is 33.7 Å². The maximum atomic E-state index is 5.59. The normalized spacial score (nSPS) is 19.2. The van der Waals surface area contributed by atoms with E-state index in [1.807, 2.05) is 13.8 Å². The van der Waals surface area contributed by atoms with E-state index in [-0.39, 0.29) is 24.0 Å². The molecule has 2 aromatic rings. The molecular formula is C20H29IN4O. The maximum Gasteiger partial charge on any atom is 0.214 e. The first-order valence-corrected chi connectivity index (χ1v) is 8.98. The van der Waals surface area contributed by atoms with Crippen molar-refractivity contribution in [3.8, 4) is 0 Å². The number of hydrogen-bond acceptors (Lipinski definition) is 3. The summed E-state index contributed by atoms with van der Waals surface area (Å²) in [6, 6.07) is 9.45. The number of nitrogens with one attached hydrogen (secondary N) is 2. The first kappa shape index (κ1) is 20.7. The predicted molar refractivity (Wildman–Crippen MR) is 116 cm³/mol. The molecule has 0 saturated heterocycles. The summed E-state index contributed by atoms with van der Waals surface area (Å²) in [6.45, 7) is 8.87. The van der Waals surface area contributed by atoms with E-state index in [0.29, 0.717) is 30.3 Å². The monoisotopic (exact) mass is 468 g/mol. The highest BCUT2D eigenvalue weighted by Crippen LogP contribution is 2.41. The SMILES string of the molecule is CN=C(NCc1nc(C)c(C)o1)NC1CC1c1ccc(C(C)C)cc1.I. The molecule has 1 saturated carbocycles. The molecule has 2 atom stereocenters. The van der Waals surface area contributed by atoms with Gasteiger partial charge in [0.2, 0.25) is 5.89 Å². The molecule has 5 nitrogen and oxygen atoms in total. The van der Waals surface area contributed by atoms with Gasteiger partial charge in [0, 0.05) is 19.0 Å². The summed E-state index contributed by atoms with van der Waals surface area (Å²) < 4.78 is 5.59. The number of guanidine groups is 1. The van der Waals surface area contributed by atoms with Gasteiger partial charge in [-0.1, -0.05) is 38.1 Å². The molecular weight excluding hydrogens is 439 g/mol. The maximum absolute atomic E-state index is 5.59. The van der Waals surface area contributed by atoms with Crippen LogP contribution in [0.3, 0.4) is 0 Å². The third-order valence-corrected chi connectivity index (χ3v) is 4.85. The third-order valence-electron chi connectivity index (χ3n) is 4.85. The van der Waals surface area contributed by atoms with Crippen LogP contribution in [-0.4, -0.2) is 24.0 Å². The fourth-order valence-electron chi connectivity index (χ4n) is 3.00. The average Bonchev–Trinajstić information content (AvgIpc) is 3.29. The highest BCUT2D eigenvalue weighted by Gasteiger charge is 2.39. The Morgan fingerprint density at radius 3 is 2.50 bits per heavy atom. The number of rotatable bonds is 5. The van der Waals surface area contributed by atoms with Crippen LogP contribution in [0.2, 0.25) is 0 Å². The molecule has 6 heteroatoms. The molecule has 0 amide bonds. The zero-order chi connectivity index (χ0) is 18.0. The van der Waals surface area contributed by atoms with E-state index in [1.54, 1.807) is 7.05 Å². The van der Waals surface area contributed by atoms with Crippen LogP contribution in [0.25, 0.3) is 0 Å². The quantitative estimate of drug-likeness (QED) is 0.391. The smallest absolute Gasteiger partial charge is 0.214 e. The lowest BCUT2D eigenvalue weighted by molar-refractivity contribution is 0.463. The Kier molecular flexibility index (Phi) is 7.08. The molecule has 1 heterocycles. The summed E-state index contributed by atoms with van der Waals surface area (Å²) in [6.07, 6.45) is 1.14. The summed E-state index contributed by atoms with van der Waals surface area (Å²) in [5, 5.41) is 6.76. The molecule has 0 radical (unpaired) electrons. The van der Waals surface area contributed by atoms with Gasteiger partial charge in [-0.3, -0.25) is 4.99 Å². The number of halogens is 1. The molecule has 2 unspecified atom stereocenters. The van der Waals surface area contributed by atoms with Crippen molar-refractivity contribution in [2.75, 3.05) is 7.05 Å². The fraction of sp³-hybridized carbons (Fsp3) is 0.500. The van der Waals surface area contributed by atoms with E-state index in [1.165, 1.54) is 11.1 Å². The Morgan fingerprint density at radius 1 is 1.27 bits per heavy atom. The number of aromatic nitrogens is 1. The van der Waals surface area contributed by atoms with Gasteiger partial charge in [0.05, 0.1) is 12.2 Å². The van der Waals surface area contributed by atoms with E-state index >= 15 is 0 Å². The van der Waals surface area contributed by atoms with Crippen LogP contribution in [0.1, 0.15) is 60.6 Å². The van der Waals surface area contributed by atoms with Crippen molar-refractivity contribution in [2.24, 2.45) is 4.99 Å². The zero-order valence-corrected chi connectivity index (χ0v) is 18.5. The van der Waals surface area contributed by atoms with Crippen molar-refractivity contribution in [1.82, 2.24) is 15.6 Å². The minimum absolute atomic E-state index is 0. The second-order valence-corrected chi connectivity index (χ2v) is 7.09. The van der Waals surface area contributed by atoms with Gasteiger partial charge in [0.15, 0.2) is 5.96 Å².